The maximum atomic E-state index is 9.46. The van der Waals surface area contributed by atoms with E-state index in [4.69, 9.17) is 10.00 Å². The normalized spacial score (nSPS) is 9.59. The zero-order valence-electron chi connectivity index (χ0n) is 9.00. The maximum absolute atomic E-state index is 9.46. The Labute approximate surface area is 98.7 Å². The summed E-state index contributed by atoms with van der Waals surface area (Å²) >= 11 is 0. The Balaban J connectivity index is 2.23. The topological polar surface area (TPSA) is 66.1 Å². The SMILES string of the molecule is N#CCc1nc(Oc2ccccc2)ccc1O. The first-order chi connectivity index (χ1) is 8.29. The number of hydrogen-bond acceptors (Lipinski definition) is 4. The third kappa shape index (κ3) is 2.73. The van der Waals surface area contributed by atoms with E-state index in [0.29, 0.717) is 17.3 Å². The van der Waals surface area contributed by atoms with Crippen LogP contribution < -0.4 is 4.74 Å². The third-order valence-corrected chi connectivity index (χ3v) is 2.14. The van der Waals surface area contributed by atoms with Gasteiger partial charge in [-0.15, -0.1) is 0 Å². The van der Waals surface area contributed by atoms with E-state index >= 15 is 0 Å². The Morgan fingerprint density at radius 2 is 1.94 bits per heavy atom. The van der Waals surface area contributed by atoms with Crippen LogP contribution >= 0.6 is 0 Å². The zero-order valence-corrected chi connectivity index (χ0v) is 9.00. The van der Waals surface area contributed by atoms with Crippen molar-refractivity contribution >= 4 is 0 Å². The molecule has 1 aromatic heterocycles. The lowest BCUT2D eigenvalue weighted by Gasteiger charge is -2.06. The van der Waals surface area contributed by atoms with Crippen LogP contribution in [0.3, 0.4) is 0 Å². The highest BCUT2D eigenvalue weighted by Crippen LogP contribution is 2.23. The average molecular weight is 226 g/mol. The van der Waals surface area contributed by atoms with E-state index in [2.05, 4.69) is 4.98 Å². The van der Waals surface area contributed by atoms with Gasteiger partial charge in [0.15, 0.2) is 0 Å². The molecule has 0 amide bonds. The maximum Gasteiger partial charge on any atom is 0.219 e. The molecule has 0 aliphatic rings. The Hall–Kier alpha value is -2.54. The molecule has 1 N–H and O–H groups in total. The van der Waals surface area contributed by atoms with E-state index in [9.17, 15) is 5.11 Å². The number of aromatic hydroxyl groups is 1. The molecule has 0 aliphatic carbocycles. The molecule has 1 heterocycles. The van der Waals surface area contributed by atoms with Gasteiger partial charge in [0.1, 0.15) is 17.2 Å². The van der Waals surface area contributed by atoms with Gasteiger partial charge in [-0.3, -0.25) is 0 Å². The summed E-state index contributed by atoms with van der Waals surface area (Å²) in [6.07, 6.45) is 0.0534. The van der Waals surface area contributed by atoms with Crippen molar-refractivity contribution in [2.75, 3.05) is 0 Å². The molecular formula is C13H10N2O2. The van der Waals surface area contributed by atoms with E-state index in [1.807, 2.05) is 24.3 Å². The molecule has 4 nitrogen and oxygen atoms in total. The molecule has 84 valence electrons. The average Bonchev–Trinajstić information content (AvgIpc) is 2.35. The molecule has 0 spiro atoms. The zero-order chi connectivity index (χ0) is 12.1. The molecule has 0 fully saturated rings. The summed E-state index contributed by atoms with van der Waals surface area (Å²) in [5.41, 5.74) is 0.320. The highest BCUT2D eigenvalue weighted by Gasteiger charge is 2.05. The smallest absolute Gasteiger partial charge is 0.219 e. The summed E-state index contributed by atoms with van der Waals surface area (Å²) in [6, 6.07) is 14.2. The number of rotatable bonds is 3. The van der Waals surface area contributed by atoms with Crippen LogP contribution in [0.5, 0.6) is 17.4 Å². The van der Waals surface area contributed by atoms with Crippen LogP contribution in [-0.4, -0.2) is 10.1 Å². The van der Waals surface area contributed by atoms with Crippen LogP contribution in [0.25, 0.3) is 0 Å². The number of nitrogens with zero attached hydrogens (tertiary/aromatic N) is 2. The number of para-hydroxylation sites is 1. The minimum atomic E-state index is 0.00645. The number of nitriles is 1. The van der Waals surface area contributed by atoms with Crippen molar-refractivity contribution < 1.29 is 9.84 Å². The van der Waals surface area contributed by atoms with Gasteiger partial charge in [0.25, 0.3) is 0 Å². The molecule has 0 radical (unpaired) electrons. The molecule has 2 aromatic rings. The first-order valence-corrected chi connectivity index (χ1v) is 5.08. The predicted molar refractivity (Wildman–Crippen MR) is 61.7 cm³/mol. The Kier molecular flexibility index (Phi) is 3.22. The first-order valence-electron chi connectivity index (χ1n) is 5.08. The van der Waals surface area contributed by atoms with E-state index in [1.54, 1.807) is 18.2 Å². The number of hydrogen-bond donors (Lipinski definition) is 1. The number of aromatic nitrogens is 1. The lowest BCUT2D eigenvalue weighted by molar-refractivity contribution is 0.441. The summed E-state index contributed by atoms with van der Waals surface area (Å²) in [6.45, 7) is 0. The largest absolute Gasteiger partial charge is 0.506 e. The summed E-state index contributed by atoms with van der Waals surface area (Å²) in [5, 5.41) is 18.0. The molecular weight excluding hydrogens is 216 g/mol. The second-order valence-corrected chi connectivity index (χ2v) is 3.37. The number of pyridine rings is 1. The quantitative estimate of drug-likeness (QED) is 0.873. The monoisotopic (exact) mass is 226 g/mol. The van der Waals surface area contributed by atoms with Gasteiger partial charge < -0.3 is 9.84 Å². The van der Waals surface area contributed by atoms with Gasteiger partial charge in [-0.25, -0.2) is 4.98 Å². The third-order valence-electron chi connectivity index (χ3n) is 2.14. The summed E-state index contributed by atoms with van der Waals surface area (Å²) in [5.74, 6) is 1.03. The second kappa shape index (κ2) is 4.99. The molecule has 2 rings (SSSR count). The van der Waals surface area contributed by atoms with Gasteiger partial charge in [0.2, 0.25) is 5.88 Å². The molecule has 4 heteroatoms. The fourth-order valence-electron chi connectivity index (χ4n) is 1.35. The van der Waals surface area contributed by atoms with E-state index < -0.39 is 0 Å². The highest BCUT2D eigenvalue weighted by molar-refractivity contribution is 5.34. The minimum Gasteiger partial charge on any atom is -0.506 e. The first kappa shape index (κ1) is 11.0. The number of benzene rings is 1. The molecule has 0 atom stereocenters. The van der Waals surface area contributed by atoms with E-state index in [0.717, 1.165) is 0 Å². The van der Waals surface area contributed by atoms with Crippen molar-refractivity contribution in [3.8, 4) is 23.4 Å². The highest BCUT2D eigenvalue weighted by atomic mass is 16.5. The number of ether oxygens (including phenoxy) is 1. The molecule has 0 saturated carbocycles. The molecule has 0 saturated heterocycles. The van der Waals surface area contributed by atoms with Crippen LogP contribution in [0.4, 0.5) is 0 Å². The van der Waals surface area contributed by atoms with Gasteiger partial charge in [-0.05, 0) is 18.2 Å². The standard InChI is InChI=1S/C13H10N2O2/c14-9-8-11-12(16)6-7-13(15-11)17-10-4-2-1-3-5-10/h1-7,16H,8H2. The van der Waals surface area contributed by atoms with Gasteiger partial charge in [-0.2, -0.15) is 5.26 Å². The van der Waals surface area contributed by atoms with Crippen molar-refractivity contribution in [3.63, 3.8) is 0 Å². The van der Waals surface area contributed by atoms with Crippen molar-refractivity contribution in [3.05, 3.63) is 48.2 Å². The van der Waals surface area contributed by atoms with Crippen molar-refractivity contribution in [1.82, 2.24) is 4.98 Å². The van der Waals surface area contributed by atoms with Crippen LogP contribution in [-0.2, 0) is 6.42 Å². The van der Waals surface area contributed by atoms with Gasteiger partial charge in [-0.1, -0.05) is 18.2 Å². The second-order valence-electron chi connectivity index (χ2n) is 3.37. The fourth-order valence-corrected chi connectivity index (χ4v) is 1.35. The van der Waals surface area contributed by atoms with E-state index in [1.165, 1.54) is 6.07 Å². The lowest BCUT2D eigenvalue weighted by atomic mass is 10.2. The molecule has 0 bridgehead atoms. The van der Waals surface area contributed by atoms with Crippen LogP contribution in [0.2, 0.25) is 0 Å². The minimum absolute atomic E-state index is 0.00645. The van der Waals surface area contributed by atoms with Gasteiger partial charge in [0, 0.05) is 6.07 Å². The van der Waals surface area contributed by atoms with E-state index in [-0.39, 0.29) is 12.2 Å². The summed E-state index contributed by atoms with van der Waals surface area (Å²) in [4.78, 5) is 4.06. The fraction of sp³-hybridized carbons (Fsp3) is 0.0769. The lowest BCUT2D eigenvalue weighted by Crippen LogP contribution is -1.93. The van der Waals surface area contributed by atoms with Crippen LogP contribution in [0.1, 0.15) is 5.69 Å². The predicted octanol–water partition coefficient (Wildman–Crippen LogP) is 2.65. The van der Waals surface area contributed by atoms with Crippen LogP contribution in [0.15, 0.2) is 42.5 Å². The Morgan fingerprint density at radius 3 is 2.65 bits per heavy atom. The Morgan fingerprint density at radius 1 is 1.18 bits per heavy atom. The molecule has 0 unspecified atom stereocenters. The Bertz CT molecular complexity index is 547. The van der Waals surface area contributed by atoms with Crippen molar-refractivity contribution in [1.29, 1.82) is 5.26 Å². The van der Waals surface area contributed by atoms with Gasteiger partial charge in [0.05, 0.1) is 12.5 Å². The van der Waals surface area contributed by atoms with Crippen LogP contribution in [0, 0.1) is 11.3 Å². The molecule has 1 aromatic carbocycles. The summed E-state index contributed by atoms with van der Waals surface area (Å²) < 4.78 is 5.49. The summed E-state index contributed by atoms with van der Waals surface area (Å²) in [7, 11) is 0. The molecule has 17 heavy (non-hydrogen) atoms. The van der Waals surface area contributed by atoms with Crippen molar-refractivity contribution in [2.24, 2.45) is 0 Å². The van der Waals surface area contributed by atoms with Gasteiger partial charge >= 0.3 is 0 Å². The van der Waals surface area contributed by atoms with Crippen molar-refractivity contribution in [2.45, 2.75) is 6.42 Å². The molecule has 0 aliphatic heterocycles.